The van der Waals surface area contributed by atoms with Gasteiger partial charge in [-0.15, -0.1) is 24.0 Å². The summed E-state index contributed by atoms with van der Waals surface area (Å²) in [6, 6.07) is 0. The Hall–Kier alpha value is 0.730. The van der Waals surface area contributed by atoms with Gasteiger partial charge in [0, 0.05) is 0 Å². The minimum Gasteiger partial charge on any atom is -0.107 e. The number of hydrogen-bond donors (Lipinski definition) is 0. The first-order valence-corrected chi connectivity index (χ1v) is 14.9. The van der Waals surface area contributed by atoms with E-state index in [0.717, 1.165) is 0 Å². The maximum atomic E-state index is 2.31. The van der Waals surface area contributed by atoms with Gasteiger partial charge in [0.25, 0.3) is 0 Å². The standard InChI is InChI=1S/C30H62.HI/c1-3-5-7-9-11-13-15-17-19-21-23-25-27-29-30-28-26-24-22-20-18-16-14-12-10-8-6-4-2;/h3-30H2,1-2H3;1H. The van der Waals surface area contributed by atoms with Gasteiger partial charge in [0.05, 0.1) is 0 Å². The van der Waals surface area contributed by atoms with Gasteiger partial charge in [-0.05, 0) is 0 Å². The predicted octanol–water partition coefficient (Wildman–Crippen LogP) is 12.6. The highest BCUT2D eigenvalue weighted by molar-refractivity contribution is 14.0. The molecule has 0 fully saturated rings. The summed E-state index contributed by atoms with van der Waals surface area (Å²) in [7, 11) is 0. The fourth-order valence-corrected chi connectivity index (χ4v) is 4.74. The van der Waals surface area contributed by atoms with Crippen LogP contribution in [0.4, 0.5) is 0 Å². The molecule has 1 heteroatoms. The van der Waals surface area contributed by atoms with Crippen molar-refractivity contribution in [3.63, 3.8) is 0 Å². The molecule has 0 rings (SSSR count). The molecule has 190 valence electrons. The van der Waals surface area contributed by atoms with Gasteiger partial charge in [-0.3, -0.25) is 0 Å². The van der Waals surface area contributed by atoms with Gasteiger partial charge in [-0.25, -0.2) is 0 Å². The average molecular weight is 551 g/mol. The average Bonchev–Trinajstić information content (AvgIpc) is 2.76. The molecule has 0 atom stereocenters. The van der Waals surface area contributed by atoms with E-state index in [-0.39, 0.29) is 24.0 Å². The van der Waals surface area contributed by atoms with Gasteiger partial charge in [-0.1, -0.05) is 194 Å². The normalized spacial score (nSPS) is 11.0. The lowest BCUT2D eigenvalue weighted by Crippen LogP contribution is -1.84. The maximum absolute atomic E-state index is 2.31. The Balaban J connectivity index is 0. The van der Waals surface area contributed by atoms with E-state index in [1.54, 1.807) is 0 Å². The molecule has 0 saturated carbocycles. The molecule has 0 unspecified atom stereocenters. The van der Waals surface area contributed by atoms with Crippen molar-refractivity contribution in [3.05, 3.63) is 0 Å². The van der Waals surface area contributed by atoms with Crippen molar-refractivity contribution in [2.24, 2.45) is 0 Å². The Kier molecular flexibility index (Phi) is 36.0. The molecular weight excluding hydrogens is 487 g/mol. The fraction of sp³-hybridized carbons (Fsp3) is 1.00. The van der Waals surface area contributed by atoms with Crippen LogP contribution in [-0.2, 0) is 0 Å². The van der Waals surface area contributed by atoms with Crippen molar-refractivity contribution in [3.8, 4) is 0 Å². The number of halogens is 1. The Bertz CT molecular complexity index is 248. The Labute approximate surface area is 216 Å². The number of rotatable bonds is 27. The molecule has 0 aromatic rings. The van der Waals surface area contributed by atoms with Crippen molar-refractivity contribution in [1.82, 2.24) is 0 Å². The van der Waals surface area contributed by atoms with E-state index in [9.17, 15) is 0 Å². The van der Waals surface area contributed by atoms with E-state index in [1.807, 2.05) is 0 Å². The highest BCUT2D eigenvalue weighted by Gasteiger charge is 1.96. The largest absolute Gasteiger partial charge is 0.107 e. The van der Waals surface area contributed by atoms with Gasteiger partial charge < -0.3 is 0 Å². The molecule has 0 aliphatic rings. The minimum atomic E-state index is 0. The second-order valence-corrected chi connectivity index (χ2v) is 10.2. The van der Waals surface area contributed by atoms with Gasteiger partial charge >= 0.3 is 0 Å². The van der Waals surface area contributed by atoms with Gasteiger partial charge in [0.15, 0.2) is 0 Å². The highest BCUT2D eigenvalue weighted by Crippen LogP contribution is 2.16. The molecule has 0 bridgehead atoms. The number of hydrogen-bond acceptors (Lipinski definition) is 0. The molecule has 0 N–H and O–H groups in total. The molecule has 0 amide bonds. The van der Waals surface area contributed by atoms with Crippen molar-refractivity contribution in [2.75, 3.05) is 0 Å². The molecule has 0 aromatic heterocycles. The third kappa shape index (κ3) is 33.0. The molecule has 0 spiro atoms. The molecule has 0 radical (unpaired) electrons. The molecule has 0 aromatic carbocycles. The third-order valence-corrected chi connectivity index (χ3v) is 6.96. The Morgan fingerprint density at radius 3 is 0.387 bits per heavy atom. The van der Waals surface area contributed by atoms with Crippen molar-refractivity contribution in [1.29, 1.82) is 0 Å². The molecule has 31 heavy (non-hydrogen) atoms. The molecular formula is C30H63I. The summed E-state index contributed by atoms with van der Waals surface area (Å²) >= 11 is 0. The predicted molar refractivity (Wildman–Crippen MR) is 156 cm³/mol. The van der Waals surface area contributed by atoms with Crippen LogP contribution in [0.25, 0.3) is 0 Å². The van der Waals surface area contributed by atoms with Crippen molar-refractivity contribution >= 4 is 24.0 Å². The first-order valence-electron chi connectivity index (χ1n) is 14.9. The van der Waals surface area contributed by atoms with E-state index >= 15 is 0 Å². The molecule has 0 saturated heterocycles. The zero-order valence-corrected chi connectivity index (χ0v) is 24.5. The van der Waals surface area contributed by atoms with Crippen LogP contribution in [0.3, 0.4) is 0 Å². The van der Waals surface area contributed by atoms with Gasteiger partial charge in [-0.2, -0.15) is 0 Å². The summed E-state index contributed by atoms with van der Waals surface area (Å²) in [5.41, 5.74) is 0. The second-order valence-electron chi connectivity index (χ2n) is 10.2. The van der Waals surface area contributed by atoms with E-state index < -0.39 is 0 Å². The summed E-state index contributed by atoms with van der Waals surface area (Å²) in [6.07, 6.45) is 41.4. The molecule has 0 nitrogen and oxygen atoms in total. The van der Waals surface area contributed by atoms with E-state index in [2.05, 4.69) is 13.8 Å². The molecule has 0 aliphatic heterocycles. The van der Waals surface area contributed by atoms with Gasteiger partial charge in [0.2, 0.25) is 0 Å². The summed E-state index contributed by atoms with van der Waals surface area (Å²) in [5, 5.41) is 0. The van der Waals surface area contributed by atoms with E-state index in [0.29, 0.717) is 0 Å². The highest BCUT2D eigenvalue weighted by atomic mass is 127. The van der Waals surface area contributed by atoms with Crippen LogP contribution in [0.1, 0.15) is 194 Å². The van der Waals surface area contributed by atoms with E-state index in [4.69, 9.17) is 0 Å². The fourth-order valence-electron chi connectivity index (χ4n) is 4.74. The summed E-state index contributed by atoms with van der Waals surface area (Å²) < 4.78 is 0. The summed E-state index contributed by atoms with van der Waals surface area (Å²) in [5.74, 6) is 0. The zero-order valence-electron chi connectivity index (χ0n) is 22.2. The van der Waals surface area contributed by atoms with Crippen LogP contribution in [0.5, 0.6) is 0 Å². The lowest BCUT2D eigenvalue weighted by molar-refractivity contribution is 0.514. The quantitative estimate of drug-likeness (QED) is 0.0705. The molecule has 0 heterocycles. The SMILES string of the molecule is CCCCCCCCCCCCCCCCCCCCCCCCCCCCCC.I. The van der Waals surface area contributed by atoms with Crippen LogP contribution in [0.15, 0.2) is 0 Å². The lowest BCUT2D eigenvalue weighted by Gasteiger charge is -2.04. The lowest BCUT2D eigenvalue weighted by atomic mass is 10.0. The first kappa shape index (κ1) is 33.9. The van der Waals surface area contributed by atoms with Crippen LogP contribution >= 0.6 is 24.0 Å². The first-order chi connectivity index (χ1) is 14.9. The zero-order chi connectivity index (χ0) is 21.8. The Morgan fingerprint density at radius 2 is 0.290 bits per heavy atom. The van der Waals surface area contributed by atoms with Crippen LogP contribution in [-0.4, -0.2) is 0 Å². The van der Waals surface area contributed by atoms with Crippen LogP contribution in [0.2, 0.25) is 0 Å². The maximum Gasteiger partial charge on any atom is -0.0533 e. The van der Waals surface area contributed by atoms with Gasteiger partial charge in [0.1, 0.15) is 0 Å². The van der Waals surface area contributed by atoms with Crippen LogP contribution < -0.4 is 0 Å². The Morgan fingerprint density at radius 1 is 0.194 bits per heavy atom. The van der Waals surface area contributed by atoms with Crippen molar-refractivity contribution < 1.29 is 0 Å². The summed E-state index contributed by atoms with van der Waals surface area (Å²) in [4.78, 5) is 0. The topological polar surface area (TPSA) is 0 Å². The molecule has 0 aliphatic carbocycles. The number of unbranched alkanes of at least 4 members (excludes halogenated alkanes) is 27. The second kappa shape index (κ2) is 32.9. The van der Waals surface area contributed by atoms with Crippen molar-refractivity contribution in [2.45, 2.75) is 194 Å². The smallest absolute Gasteiger partial charge is 0.0533 e. The monoisotopic (exact) mass is 550 g/mol. The van der Waals surface area contributed by atoms with E-state index in [1.165, 1.54) is 180 Å². The van der Waals surface area contributed by atoms with Crippen LogP contribution in [0, 0.1) is 0 Å². The third-order valence-electron chi connectivity index (χ3n) is 6.96. The minimum absolute atomic E-state index is 0. The summed E-state index contributed by atoms with van der Waals surface area (Å²) in [6.45, 7) is 4.61.